The first-order valence-electron chi connectivity index (χ1n) is 7.47. The molecule has 1 atom stereocenters. The Morgan fingerprint density at radius 1 is 1.32 bits per heavy atom. The van der Waals surface area contributed by atoms with Gasteiger partial charge in [-0.2, -0.15) is 5.10 Å². The van der Waals surface area contributed by atoms with Crippen LogP contribution in [0, 0.1) is 13.8 Å². The van der Waals surface area contributed by atoms with Crippen molar-refractivity contribution in [1.29, 1.82) is 0 Å². The molecule has 1 heterocycles. The van der Waals surface area contributed by atoms with Crippen molar-refractivity contribution in [3.63, 3.8) is 0 Å². The molecule has 2 aromatic rings. The van der Waals surface area contributed by atoms with E-state index in [0.717, 1.165) is 36.2 Å². The number of hydrogen-bond donors (Lipinski definition) is 1. The molecule has 0 bridgehead atoms. The lowest BCUT2D eigenvalue weighted by atomic mass is 9.93. The summed E-state index contributed by atoms with van der Waals surface area (Å²) in [6.45, 7) is 4.18. The Balaban J connectivity index is 2.05. The van der Waals surface area contributed by atoms with Crippen LogP contribution >= 0.6 is 0 Å². The van der Waals surface area contributed by atoms with Crippen molar-refractivity contribution in [3.05, 3.63) is 46.8 Å². The largest absolute Gasteiger partial charge is 0.237 e. The number of aryl methyl sites for hydroxylation is 1. The second-order valence-electron chi connectivity index (χ2n) is 6.01. The van der Waals surface area contributed by atoms with E-state index in [1.807, 2.05) is 10.7 Å². The van der Waals surface area contributed by atoms with E-state index in [0.29, 0.717) is 0 Å². The molecule has 0 radical (unpaired) electrons. The van der Waals surface area contributed by atoms with Crippen LogP contribution in [0.15, 0.2) is 24.4 Å². The zero-order valence-corrected chi connectivity index (χ0v) is 13.9. The Bertz CT molecular complexity index is 809. The van der Waals surface area contributed by atoms with Crippen molar-refractivity contribution in [3.8, 4) is 5.69 Å². The van der Waals surface area contributed by atoms with Gasteiger partial charge in [0.15, 0.2) is 0 Å². The van der Waals surface area contributed by atoms with E-state index in [4.69, 9.17) is 0 Å². The van der Waals surface area contributed by atoms with Crippen molar-refractivity contribution in [1.82, 2.24) is 14.5 Å². The predicted molar refractivity (Wildman–Crippen MR) is 86.7 cm³/mol. The highest BCUT2D eigenvalue weighted by Gasteiger charge is 2.27. The first-order chi connectivity index (χ1) is 10.4. The first-order valence-corrected chi connectivity index (χ1v) is 9.36. The van der Waals surface area contributed by atoms with Crippen LogP contribution in [0.3, 0.4) is 0 Å². The molecule has 5 nitrogen and oxygen atoms in total. The summed E-state index contributed by atoms with van der Waals surface area (Å²) in [5.41, 5.74) is 5.61. The topological polar surface area (TPSA) is 64.0 Å². The Morgan fingerprint density at radius 2 is 2.09 bits per heavy atom. The molecule has 6 heteroatoms. The molecule has 0 spiro atoms. The summed E-state index contributed by atoms with van der Waals surface area (Å²) in [4.78, 5) is 0. The maximum atomic E-state index is 11.5. The number of aromatic nitrogens is 2. The predicted octanol–water partition coefficient (Wildman–Crippen LogP) is 2.42. The molecule has 0 fully saturated rings. The Hall–Kier alpha value is -1.66. The van der Waals surface area contributed by atoms with Gasteiger partial charge in [-0.3, -0.25) is 0 Å². The molecule has 0 saturated carbocycles. The number of benzene rings is 1. The van der Waals surface area contributed by atoms with Crippen molar-refractivity contribution in [2.75, 3.05) is 6.26 Å². The third-order valence-electron chi connectivity index (χ3n) is 4.34. The molecule has 1 aromatic carbocycles. The second-order valence-corrected chi connectivity index (χ2v) is 7.79. The summed E-state index contributed by atoms with van der Waals surface area (Å²) in [5, 5.41) is 4.53. The van der Waals surface area contributed by atoms with Crippen LogP contribution in [0.2, 0.25) is 0 Å². The average Bonchev–Trinajstić information content (AvgIpc) is 2.85. The molecule has 1 aromatic heterocycles. The summed E-state index contributed by atoms with van der Waals surface area (Å²) >= 11 is 0. The van der Waals surface area contributed by atoms with Gasteiger partial charge in [0.2, 0.25) is 10.0 Å². The Kier molecular flexibility index (Phi) is 3.82. The second kappa shape index (κ2) is 5.52. The minimum Gasteiger partial charge on any atom is -0.237 e. The van der Waals surface area contributed by atoms with Gasteiger partial charge in [-0.25, -0.2) is 17.8 Å². The highest BCUT2D eigenvalue weighted by molar-refractivity contribution is 7.88. The van der Waals surface area contributed by atoms with Gasteiger partial charge >= 0.3 is 0 Å². The van der Waals surface area contributed by atoms with Crippen molar-refractivity contribution in [2.45, 2.75) is 39.2 Å². The molecule has 118 valence electrons. The Morgan fingerprint density at radius 3 is 2.82 bits per heavy atom. The molecular weight excluding hydrogens is 298 g/mol. The van der Waals surface area contributed by atoms with Gasteiger partial charge < -0.3 is 0 Å². The lowest BCUT2D eigenvalue weighted by Gasteiger charge is -2.23. The lowest BCUT2D eigenvalue weighted by molar-refractivity contribution is 0.504. The van der Waals surface area contributed by atoms with E-state index in [9.17, 15) is 8.42 Å². The molecule has 1 aliphatic rings. The fourth-order valence-electron chi connectivity index (χ4n) is 3.11. The maximum Gasteiger partial charge on any atom is 0.209 e. The third kappa shape index (κ3) is 2.80. The molecule has 0 amide bonds. The zero-order chi connectivity index (χ0) is 15.9. The number of rotatable bonds is 3. The highest BCUT2D eigenvalue weighted by Crippen LogP contribution is 2.32. The fraction of sp³-hybridized carbons (Fsp3) is 0.438. The molecule has 1 N–H and O–H groups in total. The first kappa shape index (κ1) is 15.2. The zero-order valence-electron chi connectivity index (χ0n) is 13.1. The lowest BCUT2D eigenvalue weighted by Crippen LogP contribution is -2.30. The van der Waals surface area contributed by atoms with E-state index in [2.05, 4.69) is 35.8 Å². The van der Waals surface area contributed by atoms with Crippen LogP contribution in [0.25, 0.3) is 5.69 Å². The van der Waals surface area contributed by atoms with Crippen LogP contribution < -0.4 is 4.72 Å². The molecule has 0 saturated heterocycles. The van der Waals surface area contributed by atoms with E-state index in [-0.39, 0.29) is 6.04 Å². The van der Waals surface area contributed by atoms with Crippen LogP contribution in [0.4, 0.5) is 0 Å². The van der Waals surface area contributed by atoms with Gasteiger partial charge in [-0.15, -0.1) is 0 Å². The van der Waals surface area contributed by atoms with Crippen LogP contribution in [-0.4, -0.2) is 24.5 Å². The van der Waals surface area contributed by atoms with Gasteiger partial charge in [0, 0.05) is 11.3 Å². The summed E-state index contributed by atoms with van der Waals surface area (Å²) < 4.78 is 27.8. The van der Waals surface area contributed by atoms with Crippen LogP contribution in [-0.2, 0) is 16.4 Å². The summed E-state index contributed by atoms with van der Waals surface area (Å²) in [6, 6.07) is 6.00. The maximum absolute atomic E-state index is 11.5. The molecule has 22 heavy (non-hydrogen) atoms. The van der Waals surface area contributed by atoms with Gasteiger partial charge in [-0.05, 0) is 50.3 Å². The average molecular weight is 319 g/mol. The summed E-state index contributed by atoms with van der Waals surface area (Å²) in [5.74, 6) is 0. The van der Waals surface area contributed by atoms with Crippen LogP contribution in [0.1, 0.15) is 41.3 Å². The highest BCUT2D eigenvalue weighted by atomic mass is 32.2. The third-order valence-corrected chi connectivity index (χ3v) is 5.06. The number of sulfonamides is 1. The standard InChI is InChI=1S/C16H21N3O2S/c1-11-6-4-8-15(12(11)2)19-16-9-5-7-14(13(16)10-17-19)18-22(3,20)21/h4,6,8,10,14,18H,5,7,9H2,1-3H3. The van der Waals surface area contributed by atoms with E-state index < -0.39 is 10.0 Å². The van der Waals surface area contributed by atoms with Crippen molar-refractivity contribution in [2.24, 2.45) is 0 Å². The number of hydrogen-bond acceptors (Lipinski definition) is 3. The van der Waals surface area contributed by atoms with Gasteiger partial charge in [0.1, 0.15) is 0 Å². The van der Waals surface area contributed by atoms with Gasteiger partial charge in [0.05, 0.1) is 24.2 Å². The van der Waals surface area contributed by atoms with Crippen molar-refractivity contribution < 1.29 is 8.42 Å². The molecule has 1 aliphatic carbocycles. The molecule has 1 unspecified atom stereocenters. The number of nitrogens with one attached hydrogen (secondary N) is 1. The molecule has 3 rings (SSSR count). The molecule has 0 aliphatic heterocycles. The number of fused-ring (bicyclic) bond motifs is 1. The summed E-state index contributed by atoms with van der Waals surface area (Å²) in [7, 11) is -3.22. The van der Waals surface area contributed by atoms with Crippen LogP contribution in [0.5, 0.6) is 0 Å². The molecular formula is C16H21N3O2S. The Labute approximate surface area is 131 Å². The minimum atomic E-state index is -3.22. The minimum absolute atomic E-state index is 0.169. The summed E-state index contributed by atoms with van der Waals surface area (Å²) in [6.07, 6.45) is 5.70. The SMILES string of the molecule is Cc1cccc(-n2ncc3c2CCCC3NS(C)(=O)=O)c1C. The number of nitrogens with zero attached hydrogens (tertiary/aromatic N) is 2. The normalized spacial score (nSPS) is 18.2. The van der Waals surface area contributed by atoms with Gasteiger partial charge in [0.25, 0.3) is 0 Å². The quantitative estimate of drug-likeness (QED) is 0.945. The van der Waals surface area contributed by atoms with E-state index in [1.54, 1.807) is 6.20 Å². The van der Waals surface area contributed by atoms with E-state index in [1.165, 1.54) is 17.4 Å². The smallest absolute Gasteiger partial charge is 0.209 e. The fourth-order valence-corrected chi connectivity index (χ4v) is 3.87. The van der Waals surface area contributed by atoms with Crippen molar-refractivity contribution >= 4 is 10.0 Å². The van der Waals surface area contributed by atoms with Gasteiger partial charge in [-0.1, -0.05) is 12.1 Å². The monoisotopic (exact) mass is 319 g/mol. The van der Waals surface area contributed by atoms with E-state index >= 15 is 0 Å².